The van der Waals surface area contributed by atoms with Gasteiger partial charge in [-0.2, -0.15) is 0 Å². The van der Waals surface area contributed by atoms with Crippen molar-refractivity contribution in [3.8, 4) is 5.75 Å². The van der Waals surface area contributed by atoms with Crippen LogP contribution in [0.3, 0.4) is 0 Å². The molecule has 0 aromatic heterocycles. The summed E-state index contributed by atoms with van der Waals surface area (Å²) in [6, 6.07) is 5.26. The van der Waals surface area contributed by atoms with Crippen molar-refractivity contribution in [1.82, 2.24) is 4.90 Å². The van der Waals surface area contributed by atoms with E-state index in [9.17, 15) is 5.11 Å². The van der Waals surface area contributed by atoms with E-state index in [-0.39, 0.29) is 11.4 Å². The molecule has 2 rings (SSSR count). The van der Waals surface area contributed by atoms with Crippen LogP contribution < -0.4 is 0 Å². The highest BCUT2D eigenvalue weighted by Gasteiger charge is 2.31. The number of nitrogens with zero attached hydrogens (tertiary/aromatic N) is 1. The molecule has 100 valence electrons. The summed E-state index contributed by atoms with van der Waals surface area (Å²) in [6.45, 7) is 4.69. The van der Waals surface area contributed by atoms with Gasteiger partial charge in [-0.15, -0.1) is 0 Å². The Hall–Kier alpha value is -0.770. The molecule has 4 heteroatoms. The fraction of sp³-hybridized carbons (Fsp3) is 0.571. The van der Waals surface area contributed by atoms with Gasteiger partial charge in [0, 0.05) is 30.8 Å². The number of hydrogen-bond donors (Lipinski definition) is 1. The Morgan fingerprint density at radius 1 is 1.50 bits per heavy atom. The van der Waals surface area contributed by atoms with E-state index in [1.54, 1.807) is 19.2 Å². The third-order valence-corrected chi connectivity index (χ3v) is 4.06. The van der Waals surface area contributed by atoms with Gasteiger partial charge in [-0.05, 0) is 38.4 Å². The number of piperidine rings is 1. The molecular weight excluding hydrogens is 250 g/mol. The van der Waals surface area contributed by atoms with Crippen LogP contribution in [0.2, 0.25) is 5.02 Å². The zero-order valence-corrected chi connectivity index (χ0v) is 11.7. The second kappa shape index (κ2) is 5.47. The van der Waals surface area contributed by atoms with Gasteiger partial charge in [0.2, 0.25) is 0 Å². The van der Waals surface area contributed by atoms with Crippen LogP contribution in [0.4, 0.5) is 0 Å². The fourth-order valence-corrected chi connectivity index (χ4v) is 2.77. The highest BCUT2D eigenvalue weighted by Crippen LogP contribution is 2.30. The lowest BCUT2D eigenvalue weighted by molar-refractivity contribution is -0.0528. The first kappa shape index (κ1) is 13.7. The number of rotatable bonds is 3. The average Bonchev–Trinajstić information content (AvgIpc) is 2.34. The van der Waals surface area contributed by atoms with Gasteiger partial charge in [0.15, 0.2) is 0 Å². The van der Waals surface area contributed by atoms with E-state index in [1.807, 2.05) is 6.07 Å². The van der Waals surface area contributed by atoms with Gasteiger partial charge in [0.05, 0.1) is 5.60 Å². The molecule has 1 fully saturated rings. The Morgan fingerprint density at radius 3 is 2.94 bits per heavy atom. The van der Waals surface area contributed by atoms with Crippen molar-refractivity contribution in [3.63, 3.8) is 0 Å². The molecule has 1 aromatic carbocycles. The minimum atomic E-state index is -0.0882. The molecule has 0 saturated carbocycles. The van der Waals surface area contributed by atoms with E-state index in [0.29, 0.717) is 11.6 Å². The summed E-state index contributed by atoms with van der Waals surface area (Å²) in [5, 5.41) is 10.5. The summed E-state index contributed by atoms with van der Waals surface area (Å²) in [6.07, 6.45) is 2.18. The number of methoxy groups -OCH3 is 1. The lowest BCUT2D eigenvalue weighted by Gasteiger charge is -2.39. The first-order valence-electron chi connectivity index (χ1n) is 6.28. The number of phenols is 1. The first-order chi connectivity index (χ1) is 8.54. The molecule has 1 aliphatic rings. The normalized spacial score (nSPS) is 25.3. The van der Waals surface area contributed by atoms with Crippen molar-refractivity contribution in [2.24, 2.45) is 0 Å². The highest BCUT2D eigenvalue weighted by atomic mass is 35.5. The molecule has 1 aromatic rings. The van der Waals surface area contributed by atoms with Crippen LogP contribution in [-0.4, -0.2) is 35.8 Å². The zero-order valence-electron chi connectivity index (χ0n) is 10.9. The summed E-state index contributed by atoms with van der Waals surface area (Å²) >= 11 is 6.14. The standard InChI is InChI=1S/C14H20ClNO2/c1-14(18-2)7-4-8-16(10-14)9-11-12(15)5-3-6-13(11)17/h3,5-6,17H,4,7-10H2,1-2H3. The largest absolute Gasteiger partial charge is 0.508 e. The molecule has 1 N–H and O–H groups in total. The summed E-state index contributed by atoms with van der Waals surface area (Å²) < 4.78 is 5.57. The quantitative estimate of drug-likeness (QED) is 0.916. The number of halogens is 1. The number of hydrogen-bond acceptors (Lipinski definition) is 3. The number of ether oxygens (including phenoxy) is 1. The minimum absolute atomic E-state index is 0.0882. The van der Waals surface area contributed by atoms with E-state index in [4.69, 9.17) is 16.3 Å². The molecule has 0 bridgehead atoms. The van der Waals surface area contributed by atoms with Crippen molar-refractivity contribution in [2.45, 2.75) is 31.9 Å². The molecule has 0 radical (unpaired) electrons. The molecule has 1 atom stereocenters. The molecule has 1 heterocycles. The Bertz CT molecular complexity index is 404. The van der Waals surface area contributed by atoms with Gasteiger partial charge in [-0.1, -0.05) is 17.7 Å². The summed E-state index contributed by atoms with van der Waals surface area (Å²) in [5.74, 6) is 0.271. The molecule has 0 amide bonds. The Balaban J connectivity index is 2.10. The van der Waals surface area contributed by atoms with Crippen molar-refractivity contribution < 1.29 is 9.84 Å². The zero-order chi connectivity index (χ0) is 13.2. The predicted octanol–water partition coefficient (Wildman–Crippen LogP) is 3.05. The maximum atomic E-state index is 9.87. The average molecular weight is 270 g/mol. The van der Waals surface area contributed by atoms with E-state index in [1.165, 1.54) is 0 Å². The van der Waals surface area contributed by atoms with Gasteiger partial charge < -0.3 is 9.84 Å². The molecule has 1 unspecified atom stereocenters. The lowest BCUT2D eigenvalue weighted by Crippen LogP contribution is -2.46. The molecule has 3 nitrogen and oxygen atoms in total. The summed E-state index contributed by atoms with van der Waals surface area (Å²) in [7, 11) is 1.76. The van der Waals surface area contributed by atoms with Crippen LogP contribution in [-0.2, 0) is 11.3 Å². The van der Waals surface area contributed by atoms with E-state index in [0.717, 1.165) is 31.5 Å². The lowest BCUT2D eigenvalue weighted by atomic mass is 9.94. The van der Waals surface area contributed by atoms with Crippen molar-refractivity contribution in [1.29, 1.82) is 0 Å². The van der Waals surface area contributed by atoms with E-state index < -0.39 is 0 Å². The topological polar surface area (TPSA) is 32.7 Å². The Kier molecular flexibility index (Phi) is 4.15. The van der Waals surface area contributed by atoms with E-state index in [2.05, 4.69) is 11.8 Å². The third kappa shape index (κ3) is 2.97. The monoisotopic (exact) mass is 269 g/mol. The Labute approximate surface area is 113 Å². The predicted molar refractivity (Wildman–Crippen MR) is 73.0 cm³/mol. The number of benzene rings is 1. The number of phenolic OH excluding ortho intramolecular Hbond substituents is 1. The van der Waals surface area contributed by atoms with Gasteiger partial charge >= 0.3 is 0 Å². The van der Waals surface area contributed by atoms with Crippen LogP contribution in [0.1, 0.15) is 25.3 Å². The van der Waals surface area contributed by atoms with Gasteiger partial charge in [0.25, 0.3) is 0 Å². The maximum absolute atomic E-state index is 9.87. The SMILES string of the molecule is COC1(C)CCCN(Cc2c(O)cccc2Cl)C1. The van der Waals surface area contributed by atoms with Gasteiger partial charge in [-0.25, -0.2) is 0 Å². The van der Waals surface area contributed by atoms with Crippen LogP contribution in [0, 0.1) is 0 Å². The van der Waals surface area contributed by atoms with Crippen molar-refractivity contribution in [3.05, 3.63) is 28.8 Å². The summed E-state index contributed by atoms with van der Waals surface area (Å²) in [4.78, 5) is 2.29. The second-order valence-electron chi connectivity index (χ2n) is 5.21. The third-order valence-electron chi connectivity index (χ3n) is 3.71. The molecule has 0 spiro atoms. The van der Waals surface area contributed by atoms with Crippen molar-refractivity contribution >= 4 is 11.6 Å². The van der Waals surface area contributed by atoms with Gasteiger partial charge in [0.1, 0.15) is 5.75 Å². The molecule has 1 aliphatic heterocycles. The van der Waals surface area contributed by atoms with Crippen LogP contribution in [0.15, 0.2) is 18.2 Å². The van der Waals surface area contributed by atoms with E-state index >= 15 is 0 Å². The molecule has 0 aliphatic carbocycles. The number of likely N-dealkylation sites (tertiary alicyclic amines) is 1. The molecule has 1 saturated heterocycles. The van der Waals surface area contributed by atoms with Crippen LogP contribution >= 0.6 is 11.6 Å². The minimum Gasteiger partial charge on any atom is -0.508 e. The maximum Gasteiger partial charge on any atom is 0.121 e. The smallest absolute Gasteiger partial charge is 0.121 e. The number of aromatic hydroxyl groups is 1. The van der Waals surface area contributed by atoms with Gasteiger partial charge in [-0.3, -0.25) is 4.90 Å². The fourth-order valence-electron chi connectivity index (χ4n) is 2.54. The van der Waals surface area contributed by atoms with Crippen LogP contribution in [0.5, 0.6) is 5.75 Å². The second-order valence-corrected chi connectivity index (χ2v) is 5.61. The molecule has 18 heavy (non-hydrogen) atoms. The molecular formula is C14H20ClNO2. The highest BCUT2D eigenvalue weighted by molar-refractivity contribution is 6.31. The summed E-state index contributed by atoms with van der Waals surface area (Å²) in [5.41, 5.74) is 0.717. The van der Waals surface area contributed by atoms with Crippen LogP contribution in [0.25, 0.3) is 0 Å². The van der Waals surface area contributed by atoms with Crippen molar-refractivity contribution in [2.75, 3.05) is 20.2 Å². The first-order valence-corrected chi connectivity index (χ1v) is 6.66. The Morgan fingerprint density at radius 2 is 2.28 bits per heavy atom.